The zero-order chi connectivity index (χ0) is 22.5. The second kappa shape index (κ2) is 9.06. The quantitative estimate of drug-likeness (QED) is 0.273. The standard InChI is InChI=1S/C26H20N2O4/c29-21-13-5-1-9-17(21)25(18-10-2-6-14-22(18)30)27-28-26(19-11-3-7-15-23(19)31)20-12-4-8-16-24(20)32/h1-16,29-32H. The molecule has 4 N–H and O–H groups in total. The van der Waals surface area contributed by atoms with Crippen LogP contribution in [0.15, 0.2) is 107 Å². The molecule has 0 amide bonds. The predicted octanol–water partition coefficient (Wildman–Crippen LogP) is 4.80. The number of benzene rings is 4. The van der Waals surface area contributed by atoms with Crippen molar-refractivity contribution in [3.05, 3.63) is 119 Å². The van der Waals surface area contributed by atoms with Gasteiger partial charge in [-0.25, -0.2) is 0 Å². The maximum absolute atomic E-state index is 10.4. The molecule has 0 fully saturated rings. The summed E-state index contributed by atoms with van der Waals surface area (Å²) in [5.41, 5.74) is 1.92. The molecule has 0 aliphatic heterocycles. The van der Waals surface area contributed by atoms with Crippen molar-refractivity contribution >= 4 is 11.4 Å². The van der Waals surface area contributed by atoms with Crippen LogP contribution >= 0.6 is 0 Å². The molecular formula is C26H20N2O4. The molecule has 0 bridgehead atoms. The molecule has 6 heteroatoms. The Morgan fingerprint density at radius 1 is 0.375 bits per heavy atom. The van der Waals surface area contributed by atoms with Crippen molar-refractivity contribution in [3.8, 4) is 23.0 Å². The number of phenols is 4. The van der Waals surface area contributed by atoms with Gasteiger partial charge in [-0.15, -0.1) is 10.2 Å². The Bertz CT molecular complexity index is 1130. The summed E-state index contributed by atoms with van der Waals surface area (Å²) in [5, 5.41) is 50.5. The number of phenolic OH excluding ortho intramolecular Hbond substituents is 4. The van der Waals surface area contributed by atoms with E-state index >= 15 is 0 Å². The molecule has 0 spiro atoms. The van der Waals surface area contributed by atoms with Crippen molar-refractivity contribution in [1.29, 1.82) is 0 Å². The fourth-order valence-corrected chi connectivity index (χ4v) is 3.30. The molecule has 4 rings (SSSR count). The van der Waals surface area contributed by atoms with Crippen molar-refractivity contribution < 1.29 is 20.4 Å². The lowest BCUT2D eigenvalue weighted by Crippen LogP contribution is -2.07. The van der Waals surface area contributed by atoms with Crippen LogP contribution in [0, 0.1) is 0 Å². The second-order valence-electron chi connectivity index (χ2n) is 6.97. The molecule has 0 heterocycles. The van der Waals surface area contributed by atoms with E-state index in [1.54, 1.807) is 72.8 Å². The molecule has 0 saturated heterocycles. The molecule has 158 valence electrons. The first-order valence-electron chi connectivity index (χ1n) is 9.85. The number of hydrogen-bond acceptors (Lipinski definition) is 6. The van der Waals surface area contributed by atoms with E-state index < -0.39 is 0 Å². The Morgan fingerprint density at radius 3 is 0.812 bits per heavy atom. The molecule has 0 saturated carbocycles. The van der Waals surface area contributed by atoms with E-state index in [4.69, 9.17) is 0 Å². The molecule has 0 radical (unpaired) electrons. The number of aromatic hydroxyl groups is 4. The Hall–Kier alpha value is -4.58. The zero-order valence-electron chi connectivity index (χ0n) is 16.9. The lowest BCUT2D eigenvalue weighted by molar-refractivity contribution is 0.470. The van der Waals surface area contributed by atoms with Crippen LogP contribution in [0.4, 0.5) is 0 Å². The largest absolute Gasteiger partial charge is 0.507 e. The third-order valence-corrected chi connectivity index (χ3v) is 4.89. The van der Waals surface area contributed by atoms with Crippen LogP contribution in [0.5, 0.6) is 23.0 Å². The van der Waals surface area contributed by atoms with Crippen LogP contribution in [-0.2, 0) is 0 Å². The van der Waals surface area contributed by atoms with Crippen molar-refractivity contribution in [2.75, 3.05) is 0 Å². The molecule has 4 aromatic rings. The minimum atomic E-state index is -0.0311. The van der Waals surface area contributed by atoms with Gasteiger partial charge >= 0.3 is 0 Å². The fourth-order valence-electron chi connectivity index (χ4n) is 3.30. The summed E-state index contributed by atoms with van der Waals surface area (Å²) in [5.74, 6) is -0.125. The first-order valence-corrected chi connectivity index (χ1v) is 9.85. The zero-order valence-corrected chi connectivity index (χ0v) is 16.9. The smallest absolute Gasteiger partial charge is 0.125 e. The van der Waals surface area contributed by atoms with Gasteiger partial charge in [-0.2, -0.15) is 0 Å². The minimum absolute atomic E-state index is 0.0311. The molecule has 0 aliphatic rings. The molecule has 4 aromatic carbocycles. The van der Waals surface area contributed by atoms with Gasteiger partial charge < -0.3 is 20.4 Å². The highest BCUT2D eigenvalue weighted by Gasteiger charge is 2.18. The molecule has 0 atom stereocenters. The van der Waals surface area contributed by atoms with Gasteiger partial charge in [0.05, 0.1) is 0 Å². The molecule has 0 aliphatic carbocycles. The normalized spacial score (nSPS) is 10.4. The first-order chi connectivity index (χ1) is 15.6. The maximum Gasteiger partial charge on any atom is 0.125 e. The van der Waals surface area contributed by atoms with E-state index in [-0.39, 0.29) is 34.4 Å². The Kier molecular flexibility index (Phi) is 5.85. The van der Waals surface area contributed by atoms with Gasteiger partial charge in [-0.05, 0) is 48.5 Å². The summed E-state index contributed by atoms with van der Waals surface area (Å²) in [6.07, 6.45) is 0. The predicted molar refractivity (Wildman–Crippen MR) is 124 cm³/mol. The third-order valence-electron chi connectivity index (χ3n) is 4.89. The number of hydrogen-bond donors (Lipinski definition) is 4. The van der Waals surface area contributed by atoms with Crippen LogP contribution in [0.1, 0.15) is 22.3 Å². The summed E-state index contributed by atoms with van der Waals surface area (Å²) in [6, 6.07) is 26.4. The number of nitrogens with zero attached hydrogens (tertiary/aromatic N) is 2. The lowest BCUT2D eigenvalue weighted by atomic mass is 10.00. The lowest BCUT2D eigenvalue weighted by Gasteiger charge is -2.12. The van der Waals surface area contributed by atoms with Gasteiger partial charge in [-0.1, -0.05) is 48.5 Å². The summed E-state index contributed by atoms with van der Waals surface area (Å²) >= 11 is 0. The minimum Gasteiger partial charge on any atom is -0.507 e. The molecule has 0 unspecified atom stereocenters. The summed E-state index contributed by atoms with van der Waals surface area (Å²) in [7, 11) is 0. The number of rotatable bonds is 5. The second-order valence-corrected chi connectivity index (χ2v) is 6.97. The van der Waals surface area contributed by atoms with E-state index in [2.05, 4.69) is 10.2 Å². The van der Waals surface area contributed by atoms with E-state index in [0.717, 1.165) is 0 Å². The highest BCUT2D eigenvalue weighted by atomic mass is 16.3. The molecule has 0 aromatic heterocycles. The topological polar surface area (TPSA) is 106 Å². The van der Waals surface area contributed by atoms with Crippen LogP contribution in [-0.4, -0.2) is 31.8 Å². The van der Waals surface area contributed by atoms with Gasteiger partial charge in [0.25, 0.3) is 0 Å². The van der Waals surface area contributed by atoms with E-state index in [9.17, 15) is 20.4 Å². The Labute approximate surface area is 184 Å². The molecule has 6 nitrogen and oxygen atoms in total. The summed E-state index contributed by atoms with van der Waals surface area (Å²) < 4.78 is 0. The van der Waals surface area contributed by atoms with E-state index in [1.165, 1.54) is 24.3 Å². The Balaban J connectivity index is 1.99. The average molecular weight is 424 g/mol. The molecule has 32 heavy (non-hydrogen) atoms. The van der Waals surface area contributed by atoms with Crippen LogP contribution in [0.3, 0.4) is 0 Å². The highest BCUT2D eigenvalue weighted by molar-refractivity contribution is 6.18. The van der Waals surface area contributed by atoms with Gasteiger partial charge in [0.15, 0.2) is 0 Å². The average Bonchev–Trinajstić information content (AvgIpc) is 2.80. The van der Waals surface area contributed by atoms with Gasteiger partial charge in [0, 0.05) is 22.3 Å². The van der Waals surface area contributed by atoms with Crippen LogP contribution < -0.4 is 0 Å². The van der Waals surface area contributed by atoms with Gasteiger partial charge in [0.2, 0.25) is 0 Å². The third kappa shape index (κ3) is 4.15. The van der Waals surface area contributed by atoms with Gasteiger partial charge in [-0.3, -0.25) is 0 Å². The SMILES string of the molecule is Oc1ccccc1C(=NN=C(c1ccccc1O)c1ccccc1O)c1ccccc1O. The Morgan fingerprint density at radius 2 is 0.594 bits per heavy atom. The highest BCUT2D eigenvalue weighted by Crippen LogP contribution is 2.28. The summed E-state index contributed by atoms with van der Waals surface area (Å²) in [4.78, 5) is 0. The van der Waals surface area contributed by atoms with E-state index in [0.29, 0.717) is 22.3 Å². The summed E-state index contributed by atoms with van der Waals surface area (Å²) in [6.45, 7) is 0. The van der Waals surface area contributed by atoms with Gasteiger partial charge in [0.1, 0.15) is 34.4 Å². The van der Waals surface area contributed by atoms with Crippen LogP contribution in [0.2, 0.25) is 0 Å². The van der Waals surface area contributed by atoms with Crippen LogP contribution in [0.25, 0.3) is 0 Å². The van der Waals surface area contributed by atoms with E-state index in [1.807, 2.05) is 0 Å². The van der Waals surface area contributed by atoms with Crippen molar-refractivity contribution in [2.45, 2.75) is 0 Å². The maximum atomic E-state index is 10.4. The number of para-hydroxylation sites is 4. The van der Waals surface area contributed by atoms with Crippen molar-refractivity contribution in [3.63, 3.8) is 0 Å². The molecular weight excluding hydrogens is 404 g/mol. The first kappa shape index (κ1) is 20.7. The monoisotopic (exact) mass is 424 g/mol. The van der Waals surface area contributed by atoms with Crippen molar-refractivity contribution in [1.82, 2.24) is 0 Å². The van der Waals surface area contributed by atoms with Crippen molar-refractivity contribution in [2.24, 2.45) is 10.2 Å². The fraction of sp³-hybridized carbons (Fsp3) is 0.